The molecule has 5 nitrogen and oxygen atoms in total. The van der Waals surface area contributed by atoms with Crippen LogP contribution in [0.4, 0.5) is 0 Å². The standard InChI is InChI=1S/C15H24N2O3S2/c1-10(2)12(4)16-15(18)13-6-5-9-17(13)22(19,20)14-8-7-11(3)21-14/h7-8,10,12-13H,5-6,9H2,1-4H3,(H,16,18). The van der Waals surface area contributed by atoms with Crippen molar-refractivity contribution in [3.8, 4) is 0 Å². The molecule has 1 fully saturated rings. The molecular weight excluding hydrogens is 320 g/mol. The minimum Gasteiger partial charge on any atom is -0.352 e. The molecular formula is C15H24N2O3S2. The Morgan fingerprint density at radius 3 is 2.59 bits per heavy atom. The van der Waals surface area contributed by atoms with E-state index in [9.17, 15) is 13.2 Å². The van der Waals surface area contributed by atoms with Gasteiger partial charge in [-0.05, 0) is 44.7 Å². The highest BCUT2D eigenvalue weighted by molar-refractivity contribution is 7.91. The minimum atomic E-state index is -3.58. The molecule has 2 atom stereocenters. The first-order chi connectivity index (χ1) is 10.2. The van der Waals surface area contributed by atoms with Gasteiger partial charge in [0.15, 0.2) is 0 Å². The van der Waals surface area contributed by atoms with Crippen LogP contribution in [0.5, 0.6) is 0 Å². The molecule has 2 unspecified atom stereocenters. The maximum atomic E-state index is 12.7. The van der Waals surface area contributed by atoms with Crippen molar-refractivity contribution in [1.29, 1.82) is 0 Å². The minimum absolute atomic E-state index is 0.0293. The van der Waals surface area contributed by atoms with E-state index < -0.39 is 16.1 Å². The highest BCUT2D eigenvalue weighted by Gasteiger charge is 2.40. The molecule has 22 heavy (non-hydrogen) atoms. The monoisotopic (exact) mass is 344 g/mol. The third kappa shape index (κ3) is 3.52. The Kier molecular flexibility index (Phi) is 5.29. The normalized spacial score (nSPS) is 21.2. The van der Waals surface area contributed by atoms with Gasteiger partial charge in [0, 0.05) is 17.5 Å². The van der Waals surface area contributed by atoms with Crippen LogP contribution in [0.25, 0.3) is 0 Å². The van der Waals surface area contributed by atoms with Crippen LogP contribution in [0.2, 0.25) is 0 Å². The van der Waals surface area contributed by atoms with Gasteiger partial charge in [0.1, 0.15) is 10.3 Å². The second-order valence-corrected chi connectivity index (χ2v) is 9.59. The lowest BCUT2D eigenvalue weighted by molar-refractivity contribution is -0.125. The number of rotatable bonds is 5. The summed E-state index contributed by atoms with van der Waals surface area (Å²) in [6.45, 7) is 8.29. The topological polar surface area (TPSA) is 66.5 Å². The summed E-state index contributed by atoms with van der Waals surface area (Å²) < 4.78 is 27.2. The lowest BCUT2D eigenvalue weighted by Crippen LogP contribution is -2.49. The number of aryl methyl sites for hydroxylation is 1. The Morgan fingerprint density at radius 2 is 2.05 bits per heavy atom. The molecule has 124 valence electrons. The van der Waals surface area contributed by atoms with E-state index in [2.05, 4.69) is 5.32 Å². The summed E-state index contributed by atoms with van der Waals surface area (Å²) in [5.41, 5.74) is 0. The van der Waals surface area contributed by atoms with Crippen molar-refractivity contribution in [2.24, 2.45) is 5.92 Å². The number of nitrogens with zero attached hydrogens (tertiary/aromatic N) is 1. The van der Waals surface area contributed by atoms with Crippen molar-refractivity contribution in [1.82, 2.24) is 9.62 Å². The smallest absolute Gasteiger partial charge is 0.253 e. The van der Waals surface area contributed by atoms with Crippen LogP contribution in [-0.4, -0.2) is 37.3 Å². The van der Waals surface area contributed by atoms with Crippen LogP contribution in [0.3, 0.4) is 0 Å². The number of nitrogens with one attached hydrogen (secondary N) is 1. The SMILES string of the molecule is Cc1ccc(S(=O)(=O)N2CCCC2C(=O)NC(C)C(C)C)s1. The molecule has 7 heteroatoms. The fraction of sp³-hybridized carbons (Fsp3) is 0.667. The van der Waals surface area contributed by atoms with Gasteiger partial charge in [-0.15, -0.1) is 11.3 Å². The lowest BCUT2D eigenvalue weighted by Gasteiger charge is -2.25. The van der Waals surface area contributed by atoms with Gasteiger partial charge in [-0.25, -0.2) is 8.42 Å². The van der Waals surface area contributed by atoms with Crippen molar-refractivity contribution in [3.63, 3.8) is 0 Å². The average Bonchev–Trinajstić information content (AvgIpc) is 3.07. The molecule has 2 heterocycles. The summed E-state index contributed by atoms with van der Waals surface area (Å²) >= 11 is 1.25. The zero-order valence-corrected chi connectivity index (χ0v) is 15.1. The van der Waals surface area contributed by atoms with E-state index in [0.717, 1.165) is 11.3 Å². The van der Waals surface area contributed by atoms with Crippen LogP contribution < -0.4 is 5.32 Å². The first-order valence-corrected chi connectivity index (χ1v) is 9.88. The van der Waals surface area contributed by atoms with Crippen molar-refractivity contribution < 1.29 is 13.2 Å². The summed E-state index contributed by atoms with van der Waals surface area (Å²) in [6, 6.07) is 2.86. The Hall–Kier alpha value is -0.920. The van der Waals surface area contributed by atoms with Crippen molar-refractivity contribution >= 4 is 27.3 Å². The first-order valence-electron chi connectivity index (χ1n) is 7.62. The molecule has 1 amide bonds. The largest absolute Gasteiger partial charge is 0.352 e. The van der Waals surface area contributed by atoms with Crippen LogP contribution in [0, 0.1) is 12.8 Å². The molecule has 1 aliphatic heterocycles. The van der Waals surface area contributed by atoms with Crippen molar-refractivity contribution in [2.45, 2.75) is 56.8 Å². The fourth-order valence-corrected chi connectivity index (χ4v) is 5.51. The number of amides is 1. The van der Waals surface area contributed by atoms with Crippen LogP contribution in [0.1, 0.15) is 38.5 Å². The van der Waals surface area contributed by atoms with Gasteiger partial charge in [-0.2, -0.15) is 4.31 Å². The van der Waals surface area contributed by atoms with E-state index in [4.69, 9.17) is 0 Å². The Morgan fingerprint density at radius 1 is 1.36 bits per heavy atom. The van der Waals surface area contributed by atoms with Gasteiger partial charge in [0.05, 0.1) is 0 Å². The molecule has 0 radical (unpaired) electrons. The molecule has 0 aliphatic carbocycles. The number of thiophene rings is 1. The quantitative estimate of drug-likeness (QED) is 0.892. The predicted molar refractivity (Wildman–Crippen MR) is 88.4 cm³/mol. The molecule has 0 saturated carbocycles. The molecule has 1 N–H and O–H groups in total. The van der Waals surface area contributed by atoms with E-state index in [1.165, 1.54) is 15.6 Å². The molecule has 0 bridgehead atoms. The summed E-state index contributed by atoms with van der Waals surface area (Å²) in [5, 5.41) is 2.94. The first kappa shape index (κ1) is 17.4. The van der Waals surface area contributed by atoms with Crippen molar-refractivity contribution in [3.05, 3.63) is 17.0 Å². The maximum absolute atomic E-state index is 12.7. The Bertz CT molecular complexity index is 637. The maximum Gasteiger partial charge on any atom is 0.253 e. The third-order valence-corrected chi connectivity index (χ3v) is 7.53. The second kappa shape index (κ2) is 6.68. The molecule has 1 saturated heterocycles. The van der Waals surface area contributed by atoms with E-state index >= 15 is 0 Å². The Balaban J connectivity index is 2.18. The van der Waals surface area contributed by atoms with E-state index in [1.807, 2.05) is 27.7 Å². The van der Waals surface area contributed by atoms with E-state index in [0.29, 0.717) is 23.1 Å². The van der Waals surface area contributed by atoms with E-state index in [1.54, 1.807) is 12.1 Å². The number of carbonyl (C=O) groups excluding carboxylic acids is 1. The number of hydrogen-bond donors (Lipinski definition) is 1. The van der Waals surface area contributed by atoms with Crippen LogP contribution >= 0.6 is 11.3 Å². The summed E-state index contributed by atoms with van der Waals surface area (Å²) in [5.74, 6) is 0.130. The zero-order valence-electron chi connectivity index (χ0n) is 13.5. The number of carbonyl (C=O) groups is 1. The van der Waals surface area contributed by atoms with Crippen LogP contribution in [-0.2, 0) is 14.8 Å². The van der Waals surface area contributed by atoms with Gasteiger partial charge in [0.2, 0.25) is 5.91 Å². The second-order valence-electron chi connectivity index (χ2n) is 6.18. The average molecular weight is 345 g/mol. The molecule has 1 aromatic heterocycles. The number of hydrogen-bond acceptors (Lipinski definition) is 4. The number of sulfonamides is 1. The molecule has 2 rings (SSSR count). The Labute approximate surface area is 136 Å². The van der Waals surface area contributed by atoms with Crippen molar-refractivity contribution in [2.75, 3.05) is 6.54 Å². The summed E-state index contributed by atoms with van der Waals surface area (Å²) in [4.78, 5) is 13.4. The lowest BCUT2D eigenvalue weighted by atomic mass is 10.1. The predicted octanol–water partition coefficient (Wildman–Crippen LogP) is 2.37. The van der Waals surface area contributed by atoms with Crippen LogP contribution in [0.15, 0.2) is 16.3 Å². The fourth-order valence-electron chi connectivity index (χ4n) is 2.44. The molecule has 0 spiro atoms. The van der Waals surface area contributed by atoms with Gasteiger partial charge in [-0.3, -0.25) is 4.79 Å². The molecule has 1 aromatic rings. The molecule has 0 aromatic carbocycles. The highest BCUT2D eigenvalue weighted by atomic mass is 32.2. The van der Waals surface area contributed by atoms with Gasteiger partial charge >= 0.3 is 0 Å². The zero-order chi connectivity index (χ0) is 16.5. The summed E-state index contributed by atoms with van der Waals surface area (Å²) in [6.07, 6.45) is 1.30. The highest BCUT2D eigenvalue weighted by Crippen LogP contribution is 2.30. The van der Waals surface area contributed by atoms with Gasteiger partial charge in [0.25, 0.3) is 10.0 Å². The third-order valence-electron chi connectivity index (χ3n) is 4.15. The van der Waals surface area contributed by atoms with Gasteiger partial charge < -0.3 is 5.32 Å². The summed E-state index contributed by atoms with van der Waals surface area (Å²) in [7, 11) is -3.58. The van der Waals surface area contributed by atoms with Gasteiger partial charge in [-0.1, -0.05) is 13.8 Å². The molecule has 1 aliphatic rings. The van der Waals surface area contributed by atoms with E-state index in [-0.39, 0.29) is 11.9 Å².